The first-order valence-electron chi connectivity index (χ1n) is 8.78. The van der Waals surface area contributed by atoms with Gasteiger partial charge in [0.25, 0.3) is 0 Å². The van der Waals surface area contributed by atoms with Crippen molar-refractivity contribution < 1.29 is 31.4 Å². The smallest absolute Gasteiger partial charge is 0.395 e. The van der Waals surface area contributed by atoms with Crippen molar-refractivity contribution in [3.63, 3.8) is 0 Å². The van der Waals surface area contributed by atoms with Gasteiger partial charge in [-0.2, -0.15) is 31.3 Å². The van der Waals surface area contributed by atoms with E-state index in [2.05, 4.69) is 25.6 Å². The minimum atomic E-state index is -5.04. The quantitative estimate of drug-likeness (QED) is 0.478. The minimum absolute atomic E-state index is 0.0137. The van der Waals surface area contributed by atoms with E-state index in [-0.39, 0.29) is 36.7 Å². The van der Waals surface area contributed by atoms with Gasteiger partial charge in [0.2, 0.25) is 5.95 Å². The number of nitrogens with one attached hydrogen (secondary N) is 2. The highest BCUT2D eigenvalue weighted by Gasteiger charge is 2.38. The Morgan fingerprint density at radius 2 is 1.65 bits per heavy atom. The number of alkyl halides is 6. The number of pyridine rings is 1. The molecule has 31 heavy (non-hydrogen) atoms. The molecule has 0 amide bonds. The molecule has 0 aliphatic carbocycles. The molecule has 3 aromatic rings. The van der Waals surface area contributed by atoms with Crippen molar-refractivity contribution in [3.8, 4) is 11.4 Å². The van der Waals surface area contributed by atoms with Crippen molar-refractivity contribution in [1.82, 2.24) is 15.0 Å². The maximum Gasteiger partial charge on any atom is 0.418 e. The molecule has 0 aliphatic heterocycles. The number of nitrogens with zero attached hydrogens (tertiary/aromatic N) is 3. The first kappa shape index (κ1) is 22.3. The van der Waals surface area contributed by atoms with Crippen molar-refractivity contribution in [2.45, 2.75) is 12.4 Å². The zero-order chi connectivity index (χ0) is 22.6. The summed E-state index contributed by atoms with van der Waals surface area (Å²) in [5.74, 6) is -0.124. The summed E-state index contributed by atoms with van der Waals surface area (Å²) in [4.78, 5) is 12.3. The molecule has 6 nitrogen and oxygen atoms in total. The van der Waals surface area contributed by atoms with Gasteiger partial charge in [-0.25, -0.2) is 4.98 Å². The standard InChI is InChI=1S/C19H15F6N5O/c20-18(21,22)11-4-5-13(12(9-11)19(23,24)25)28-16-10-15(14-3-1-2-6-26-14)29-17(30-16)27-7-8-31/h1-6,9-10,31H,7-8H2,(H2,27,28,29,30). The van der Waals surface area contributed by atoms with Gasteiger partial charge in [-0.05, 0) is 30.3 Å². The normalized spacial score (nSPS) is 12.0. The first-order chi connectivity index (χ1) is 14.6. The van der Waals surface area contributed by atoms with Crippen LogP contribution in [0.4, 0.5) is 43.8 Å². The van der Waals surface area contributed by atoms with Crippen molar-refractivity contribution >= 4 is 17.5 Å². The number of benzene rings is 1. The maximum absolute atomic E-state index is 13.4. The fraction of sp³-hybridized carbons (Fsp3) is 0.211. The molecule has 0 saturated heterocycles. The van der Waals surface area contributed by atoms with Gasteiger partial charge in [0.05, 0.1) is 34.8 Å². The Hall–Kier alpha value is -3.41. The highest BCUT2D eigenvalue weighted by atomic mass is 19.4. The van der Waals surface area contributed by atoms with Crippen LogP contribution in [0.2, 0.25) is 0 Å². The van der Waals surface area contributed by atoms with E-state index in [4.69, 9.17) is 5.11 Å². The molecule has 2 aromatic heterocycles. The Bertz CT molecular complexity index is 1040. The summed E-state index contributed by atoms with van der Waals surface area (Å²) in [6.07, 6.45) is -8.48. The second-order valence-corrected chi connectivity index (χ2v) is 6.21. The second kappa shape index (κ2) is 8.76. The number of aliphatic hydroxyl groups excluding tert-OH is 1. The minimum Gasteiger partial charge on any atom is -0.395 e. The fourth-order valence-corrected chi connectivity index (χ4v) is 2.61. The van der Waals surface area contributed by atoms with Crippen molar-refractivity contribution in [2.24, 2.45) is 0 Å². The summed E-state index contributed by atoms with van der Waals surface area (Å²) in [5, 5.41) is 14.1. The van der Waals surface area contributed by atoms with Crippen LogP contribution >= 0.6 is 0 Å². The molecule has 0 bridgehead atoms. The summed E-state index contributed by atoms with van der Waals surface area (Å²) >= 11 is 0. The van der Waals surface area contributed by atoms with Crippen molar-refractivity contribution in [3.05, 3.63) is 59.8 Å². The summed E-state index contributed by atoms with van der Waals surface area (Å²) in [5.41, 5.74) is -2.89. The number of hydrogen-bond donors (Lipinski definition) is 3. The molecule has 0 unspecified atom stereocenters. The van der Waals surface area contributed by atoms with E-state index in [1.165, 1.54) is 12.3 Å². The van der Waals surface area contributed by atoms with Crippen LogP contribution in [0.15, 0.2) is 48.7 Å². The summed E-state index contributed by atoms with van der Waals surface area (Å²) in [6, 6.07) is 7.53. The Labute approximate surface area is 172 Å². The van der Waals surface area contributed by atoms with Crippen LogP contribution < -0.4 is 10.6 Å². The lowest BCUT2D eigenvalue weighted by Crippen LogP contribution is -2.14. The third-order valence-corrected chi connectivity index (χ3v) is 3.96. The number of aliphatic hydroxyl groups is 1. The molecule has 12 heteroatoms. The zero-order valence-electron chi connectivity index (χ0n) is 15.6. The van der Waals surface area contributed by atoms with E-state index in [0.29, 0.717) is 17.8 Å². The third-order valence-electron chi connectivity index (χ3n) is 3.96. The van der Waals surface area contributed by atoms with E-state index in [9.17, 15) is 26.3 Å². The van der Waals surface area contributed by atoms with Crippen LogP contribution in [0.3, 0.4) is 0 Å². The van der Waals surface area contributed by atoms with Crippen LogP contribution in [0.1, 0.15) is 11.1 Å². The molecular weight excluding hydrogens is 428 g/mol. The molecule has 164 valence electrons. The monoisotopic (exact) mass is 443 g/mol. The van der Waals surface area contributed by atoms with Crippen LogP contribution in [-0.2, 0) is 12.4 Å². The summed E-state index contributed by atoms with van der Waals surface area (Å²) in [7, 11) is 0. The average Bonchev–Trinajstić information content (AvgIpc) is 2.71. The molecule has 0 fully saturated rings. The lowest BCUT2D eigenvalue weighted by Gasteiger charge is -2.17. The molecule has 3 rings (SSSR count). The Morgan fingerprint density at radius 1 is 0.871 bits per heavy atom. The van der Waals surface area contributed by atoms with E-state index in [1.807, 2.05) is 0 Å². The highest BCUT2D eigenvalue weighted by Crippen LogP contribution is 2.40. The SMILES string of the molecule is OCCNc1nc(Nc2ccc(C(F)(F)F)cc2C(F)(F)F)cc(-c2ccccn2)n1. The highest BCUT2D eigenvalue weighted by molar-refractivity contribution is 5.67. The van der Waals surface area contributed by atoms with Gasteiger partial charge in [-0.15, -0.1) is 0 Å². The number of anilines is 3. The summed E-state index contributed by atoms with van der Waals surface area (Å²) < 4.78 is 78.9. The Kier molecular flexibility index (Phi) is 6.29. The lowest BCUT2D eigenvalue weighted by atomic mass is 10.1. The van der Waals surface area contributed by atoms with Gasteiger partial charge in [-0.1, -0.05) is 6.07 Å². The predicted octanol–water partition coefficient (Wildman–Crippen LogP) is 4.72. The van der Waals surface area contributed by atoms with Crippen LogP contribution in [-0.4, -0.2) is 33.2 Å². The molecule has 3 N–H and O–H groups in total. The second-order valence-electron chi connectivity index (χ2n) is 6.21. The number of hydrogen-bond acceptors (Lipinski definition) is 6. The van der Waals surface area contributed by atoms with Gasteiger partial charge in [0, 0.05) is 18.8 Å². The van der Waals surface area contributed by atoms with E-state index < -0.39 is 29.2 Å². The molecule has 2 heterocycles. The largest absolute Gasteiger partial charge is 0.418 e. The van der Waals surface area contributed by atoms with Gasteiger partial charge in [0.15, 0.2) is 0 Å². The Balaban J connectivity index is 2.05. The van der Waals surface area contributed by atoms with Crippen molar-refractivity contribution in [1.29, 1.82) is 0 Å². The molecule has 0 atom stereocenters. The maximum atomic E-state index is 13.4. The fourth-order valence-electron chi connectivity index (χ4n) is 2.61. The molecule has 0 radical (unpaired) electrons. The topological polar surface area (TPSA) is 83.0 Å². The molecular formula is C19H15F6N5O. The van der Waals surface area contributed by atoms with Gasteiger partial charge in [-0.3, -0.25) is 4.98 Å². The molecule has 0 spiro atoms. The molecule has 0 aliphatic rings. The molecule has 0 saturated carbocycles. The van der Waals surface area contributed by atoms with E-state index >= 15 is 0 Å². The third kappa shape index (κ3) is 5.60. The van der Waals surface area contributed by atoms with Gasteiger partial charge < -0.3 is 15.7 Å². The predicted molar refractivity (Wildman–Crippen MR) is 101 cm³/mol. The van der Waals surface area contributed by atoms with Crippen LogP contribution in [0, 0.1) is 0 Å². The lowest BCUT2D eigenvalue weighted by molar-refractivity contribution is -0.142. The average molecular weight is 443 g/mol. The van der Waals surface area contributed by atoms with Crippen molar-refractivity contribution in [2.75, 3.05) is 23.8 Å². The van der Waals surface area contributed by atoms with Crippen LogP contribution in [0.25, 0.3) is 11.4 Å². The number of aromatic nitrogens is 3. The van der Waals surface area contributed by atoms with Crippen LogP contribution in [0.5, 0.6) is 0 Å². The summed E-state index contributed by atoms with van der Waals surface area (Å²) in [6.45, 7) is -0.184. The zero-order valence-corrected chi connectivity index (χ0v) is 15.6. The Morgan fingerprint density at radius 3 is 2.26 bits per heavy atom. The first-order valence-corrected chi connectivity index (χ1v) is 8.78. The van der Waals surface area contributed by atoms with E-state index in [1.54, 1.807) is 18.2 Å². The van der Waals surface area contributed by atoms with E-state index in [0.717, 1.165) is 0 Å². The number of rotatable bonds is 6. The van der Waals surface area contributed by atoms with Gasteiger partial charge in [0.1, 0.15) is 5.82 Å². The van der Waals surface area contributed by atoms with Gasteiger partial charge >= 0.3 is 12.4 Å². The number of halogens is 6. The molecule has 1 aromatic carbocycles.